The molecule has 2 aliphatic rings. The second-order valence-electron chi connectivity index (χ2n) is 2.83. The number of hydrogen-bond acceptors (Lipinski definition) is 7. The zero-order valence-electron chi connectivity index (χ0n) is 7.63. The number of nitrogens with one attached hydrogen (secondary N) is 1. The van der Waals surface area contributed by atoms with Gasteiger partial charge in [0.2, 0.25) is 0 Å². The van der Waals surface area contributed by atoms with Gasteiger partial charge in [-0.1, -0.05) is 0 Å². The average molecular weight is 213 g/mol. The first-order valence-corrected chi connectivity index (χ1v) is 3.98. The summed E-state index contributed by atoms with van der Waals surface area (Å²) < 4.78 is 4.90. The molecule has 1 heterocycles. The Morgan fingerprint density at radius 1 is 1.80 bits per heavy atom. The summed E-state index contributed by atoms with van der Waals surface area (Å²) in [5.74, 6) is 0.230. The van der Waals surface area contributed by atoms with Crippen LogP contribution in [0.15, 0.2) is 28.4 Å². The summed E-state index contributed by atoms with van der Waals surface area (Å²) >= 11 is 0. The van der Waals surface area contributed by atoms with Crippen LogP contribution in [0.2, 0.25) is 0 Å². The van der Waals surface area contributed by atoms with Crippen molar-refractivity contribution < 1.29 is 19.7 Å². The zero-order chi connectivity index (χ0) is 11.0. The number of hydroxylamine groups is 1. The molecule has 0 aromatic heterocycles. The SMILES string of the molecule is COC1=CC(O)C([N+](=O)[O-])=C2NON=C12. The number of nitro groups is 1. The van der Waals surface area contributed by atoms with E-state index >= 15 is 0 Å². The van der Waals surface area contributed by atoms with Gasteiger partial charge < -0.3 is 9.84 Å². The summed E-state index contributed by atoms with van der Waals surface area (Å²) in [7, 11) is 1.37. The molecule has 15 heavy (non-hydrogen) atoms. The van der Waals surface area contributed by atoms with Gasteiger partial charge in [0.1, 0.15) is 5.76 Å². The van der Waals surface area contributed by atoms with E-state index < -0.39 is 16.7 Å². The van der Waals surface area contributed by atoms with Crippen LogP contribution in [-0.4, -0.2) is 29.0 Å². The lowest BCUT2D eigenvalue weighted by Gasteiger charge is -2.14. The number of oxime groups is 1. The molecule has 8 nitrogen and oxygen atoms in total. The monoisotopic (exact) mass is 213 g/mol. The highest BCUT2D eigenvalue weighted by Gasteiger charge is 2.39. The predicted molar refractivity (Wildman–Crippen MR) is 46.8 cm³/mol. The summed E-state index contributed by atoms with van der Waals surface area (Å²) in [6.07, 6.45) is -0.158. The van der Waals surface area contributed by atoms with Crippen molar-refractivity contribution >= 4 is 5.71 Å². The second-order valence-corrected chi connectivity index (χ2v) is 2.83. The minimum Gasteiger partial charge on any atom is -0.494 e. The Bertz CT molecular complexity index is 411. The first-order valence-electron chi connectivity index (χ1n) is 3.98. The van der Waals surface area contributed by atoms with Crippen molar-refractivity contribution in [1.82, 2.24) is 5.48 Å². The molecule has 0 aromatic rings. The first-order chi connectivity index (χ1) is 7.15. The Labute approximate surface area is 83.6 Å². The first kappa shape index (κ1) is 9.46. The highest BCUT2D eigenvalue weighted by atomic mass is 16.8. The topological polar surface area (TPSA) is 106 Å². The van der Waals surface area contributed by atoms with Crippen LogP contribution in [0.1, 0.15) is 0 Å². The molecule has 0 bridgehead atoms. The quantitative estimate of drug-likeness (QED) is 0.462. The van der Waals surface area contributed by atoms with Crippen molar-refractivity contribution in [3.05, 3.63) is 33.3 Å². The van der Waals surface area contributed by atoms with Gasteiger partial charge >= 0.3 is 5.70 Å². The molecular weight excluding hydrogens is 206 g/mol. The smallest absolute Gasteiger partial charge is 0.307 e. The fourth-order valence-electron chi connectivity index (χ4n) is 1.36. The molecule has 0 fully saturated rings. The van der Waals surface area contributed by atoms with Crippen molar-refractivity contribution in [2.45, 2.75) is 6.10 Å². The molecule has 80 valence electrons. The van der Waals surface area contributed by atoms with Crippen LogP contribution in [-0.2, 0) is 9.68 Å². The van der Waals surface area contributed by atoms with Gasteiger partial charge in [-0.25, -0.2) is 0 Å². The molecule has 0 saturated carbocycles. The van der Waals surface area contributed by atoms with E-state index in [1.807, 2.05) is 0 Å². The highest BCUT2D eigenvalue weighted by molar-refractivity contribution is 6.12. The minimum atomic E-state index is -1.35. The third-order valence-electron chi connectivity index (χ3n) is 2.02. The van der Waals surface area contributed by atoms with Gasteiger partial charge in [0, 0.05) is 0 Å². The normalized spacial score (nSPS) is 23.5. The van der Waals surface area contributed by atoms with E-state index in [1.165, 1.54) is 13.2 Å². The Balaban J connectivity index is 2.50. The lowest BCUT2D eigenvalue weighted by Crippen LogP contribution is -2.30. The van der Waals surface area contributed by atoms with Crippen LogP contribution in [0.4, 0.5) is 0 Å². The Morgan fingerprint density at radius 3 is 3.13 bits per heavy atom. The molecule has 0 spiro atoms. The van der Waals surface area contributed by atoms with E-state index in [9.17, 15) is 15.2 Å². The maximum absolute atomic E-state index is 10.7. The summed E-state index contributed by atoms with van der Waals surface area (Å²) in [5, 5.41) is 23.7. The van der Waals surface area contributed by atoms with Crippen LogP contribution in [0.5, 0.6) is 0 Å². The van der Waals surface area contributed by atoms with Crippen molar-refractivity contribution in [2.75, 3.05) is 7.11 Å². The van der Waals surface area contributed by atoms with E-state index in [0.717, 1.165) is 0 Å². The van der Waals surface area contributed by atoms with Crippen molar-refractivity contribution in [1.29, 1.82) is 0 Å². The van der Waals surface area contributed by atoms with Crippen LogP contribution in [0.25, 0.3) is 0 Å². The molecule has 0 radical (unpaired) electrons. The van der Waals surface area contributed by atoms with Crippen molar-refractivity contribution in [3.63, 3.8) is 0 Å². The number of methoxy groups -OCH3 is 1. The van der Waals surface area contributed by atoms with Gasteiger partial charge in [-0.3, -0.25) is 15.1 Å². The molecule has 2 rings (SSSR count). The predicted octanol–water partition coefficient (Wildman–Crippen LogP) is -0.730. The summed E-state index contributed by atoms with van der Waals surface area (Å²) in [5.41, 5.74) is 2.02. The summed E-state index contributed by atoms with van der Waals surface area (Å²) in [6, 6.07) is 0. The fourth-order valence-corrected chi connectivity index (χ4v) is 1.36. The van der Waals surface area contributed by atoms with Crippen LogP contribution >= 0.6 is 0 Å². The Kier molecular flexibility index (Phi) is 2.05. The number of rotatable bonds is 2. The third kappa shape index (κ3) is 1.31. The Hall–Kier alpha value is -2.09. The standard InChI is InChI=1S/C7H7N3O5/c1-14-4-2-3(11)7(10(12)13)6-5(4)8-15-9-6/h2-3,9,11H,1H3. The molecule has 0 saturated heterocycles. The van der Waals surface area contributed by atoms with Gasteiger partial charge in [0.15, 0.2) is 17.5 Å². The maximum Gasteiger partial charge on any atom is 0.307 e. The summed E-state index contributed by atoms with van der Waals surface area (Å²) in [4.78, 5) is 14.5. The number of hydrogen-bond donors (Lipinski definition) is 2. The average Bonchev–Trinajstić information content (AvgIpc) is 2.63. The molecule has 1 aliphatic heterocycles. The van der Waals surface area contributed by atoms with Crippen LogP contribution < -0.4 is 5.48 Å². The third-order valence-corrected chi connectivity index (χ3v) is 2.02. The lowest BCUT2D eigenvalue weighted by atomic mass is 10.0. The van der Waals surface area contributed by atoms with Gasteiger partial charge in [0.05, 0.1) is 12.0 Å². The molecule has 1 atom stereocenters. The molecule has 1 aliphatic carbocycles. The highest BCUT2D eigenvalue weighted by Crippen LogP contribution is 2.25. The molecule has 0 aromatic carbocycles. The minimum absolute atomic E-state index is 0.0202. The van der Waals surface area contributed by atoms with E-state index in [1.54, 1.807) is 0 Å². The number of nitrogens with zero attached hydrogens (tertiary/aromatic N) is 2. The molecular formula is C7H7N3O5. The van der Waals surface area contributed by atoms with E-state index in [0.29, 0.717) is 0 Å². The molecule has 1 unspecified atom stereocenters. The molecule has 0 amide bonds. The zero-order valence-corrected chi connectivity index (χ0v) is 7.63. The number of ether oxygens (including phenoxy) is 1. The van der Waals surface area contributed by atoms with Crippen molar-refractivity contribution in [3.8, 4) is 0 Å². The number of aliphatic hydroxyl groups is 1. The van der Waals surface area contributed by atoms with Gasteiger partial charge in [-0.2, -0.15) is 5.48 Å². The Morgan fingerprint density at radius 2 is 2.53 bits per heavy atom. The van der Waals surface area contributed by atoms with Gasteiger partial charge in [-0.05, 0) is 11.2 Å². The van der Waals surface area contributed by atoms with Crippen molar-refractivity contribution in [2.24, 2.45) is 5.16 Å². The fraction of sp³-hybridized carbons (Fsp3) is 0.286. The second kappa shape index (κ2) is 3.24. The van der Waals surface area contributed by atoms with Crippen LogP contribution in [0.3, 0.4) is 0 Å². The lowest BCUT2D eigenvalue weighted by molar-refractivity contribution is -0.435. The van der Waals surface area contributed by atoms with E-state index in [2.05, 4.69) is 15.6 Å². The maximum atomic E-state index is 10.7. The summed E-state index contributed by atoms with van der Waals surface area (Å²) in [6.45, 7) is 0. The van der Waals surface area contributed by atoms with Gasteiger partial charge in [-0.15, -0.1) is 0 Å². The largest absolute Gasteiger partial charge is 0.494 e. The molecule has 2 N–H and O–H groups in total. The molecule has 8 heteroatoms. The number of aliphatic hydroxyl groups excluding tert-OH is 1. The van der Waals surface area contributed by atoms with Gasteiger partial charge in [0.25, 0.3) is 0 Å². The number of fused-ring (bicyclic) bond motifs is 1. The van der Waals surface area contributed by atoms with E-state index in [4.69, 9.17) is 4.74 Å². The van der Waals surface area contributed by atoms with Crippen LogP contribution in [0, 0.1) is 10.1 Å². The van der Waals surface area contributed by atoms with E-state index in [-0.39, 0.29) is 17.2 Å².